The summed E-state index contributed by atoms with van der Waals surface area (Å²) in [4.78, 5) is 39.6. The van der Waals surface area contributed by atoms with Crippen molar-refractivity contribution < 1.29 is 23.9 Å². The van der Waals surface area contributed by atoms with E-state index in [4.69, 9.17) is 9.47 Å². The molecule has 0 radical (unpaired) electrons. The number of hydrogen-bond acceptors (Lipinski definition) is 6. The average molecular weight is 582 g/mol. The maximum atomic E-state index is 13.4. The number of hydrogen-bond donors (Lipinski definition) is 3. The Kier molecular flexibility index (Phi) is 10.4. The van der Waals surface area contributed by atoms with Crippen molar-refractivity contribution in [3.8, 4) is 11.5 Å². The first-order chi connectivity index (χ1) is 20.3. The Labute approximate surface area is 249 Å². The zero-order valence-electron chi connectivity index (χ0n) is 23.5. The van der Waals surface area contributed by atoms with Gasteiger partial charge in [0.1, 0.15) is 17.2 Å². The fourth-order valence-corrected chi connectivity index (χ4v) is 4.65. The lowest BCUT2D eigenvalue weighted by atomic mass is 10.1. The minimum atomic E-state index is -0.526. The Morgan fingerprint density at radius 1 is 0.786 bits per heavy atom. The number of aryl methyl sites for hydroxylation is 1. The van der Waals surface area contributed by atoms with Gasteiger partial charge >= 0.3 is 0 Å². The molecule has 4 aromatic carbocycles. The molecule has 0 aliphatic carbocycles. The summed E-state index contributed by atoms with van der Waals surface area (Å²) in [5.74, 6) is 0.233. The number of rotatable bonds is 11. The van der Waals surface area contributed by atoms with E-state index in [1.54, 1.807) is 67.8 Å². The molecule has 0 unspecified atom stereocenters. The molecular weight excluding hydrogens is 550 g/mol. The predicted octanol–water partition coefficient (Wildman–Crippen LogP) is 6.15. The van der Waals surface area contributed by atoms with Gasteiger partial charge in [-0.25, -0.2) is 0 Å². The second kappa shape index (κ2) is 14.6. The van der Waals surface area contributed by atoms with Gasteiger partial charge in [-0.3, -0.25) is 14.4 Å². The molecule has 214 valence electrons. The molecule has 9 heteroatoms. The van der Waals surface area contributed by atoms with Crippen molar-refractivity contribution in [2.45, 2.75) is 11.8 Å². The van der Waals surface area contributed by atoms with Crippen molar-refractivity contribution in [2.75, 3.05) is 30.6 Å². The number of amides is 3. The Morgan fingerprint density at radius 2 is 1.55 bits per heavy atom. The van der Waals surface area contributed by atoms with Crippen molar-refractivity contribution in [1.29, 1.82) is 0 Å². The predicted molar refractivity (Wildman–Crippen MR) is 167 cm³/mol. The highest BCUT2D eigenvalue weighted by Crippen LogP contribution is 2.27. The van der Waals surface area contributed by atoms with E-state index in [1.165, 1.54) is 24.9 Å². The van der Waals surface area contributed by atoms with Crippen LogP contribution in [0.4, 0.5) is 11.4 Å². The van der Waals surface area contributed by atoms with E-state index in [-0.39, 0.29) is 17.4 Å². The molecule has 0 aromatic heterocycles. The third-order valence-corrected chi connectivity index (χ3v) is 7.06. The van der Waals surface area contributed by atoms with Crippen molar-refractivity contribution in [1.82, 2.24) is 5.32 Å². The molecule has 4 aromatic rings. The largest absolute Gasteiger partial charge is 0.497 e. The highest BCUT2D eigenvalue weighted by molar-refractivity contribution is 8.00. The van der Waals surface area contributed by atoms with Crippen LogP contribution < -0.4 is 25.4 Å². The number of carbonyl (C=O) groups excluding carboxylic acids is 3. The maximum absolute atomic E-state index is 13.4. The molecule has 0 fully saturated rings. The van der Waals surface area contributed by atoms with Gasteiger partial charge in [0.05, 0.1) is 20.0 Å². The fourth-order valence-electron chi connectivity index (χ4n) is 3.95. The number of nitrogens with one attached hydrogen (secondary N) is 3. The van der Waals surface area contributed by atoms with Gasteiger partial charge in [0.25, 0.3) is 11.8 Å². The first-order valence-electron chi connectivity index (χ1n) is 13.1. The monoisotopic (exact) mass is 581 g/mol. The molecule has 4 rings (SSSR count). The quantitative estimate of drug-likeness (QED) is 0.145. The lowest BCUT2D eigenvalue weighted by Crippen LogP contribution is -2.30. The number of ether oxygens (including phenoxy) is 2. The average Bonchev–Trinajstić information content (AvgIpc) is 3.00. The number of benzene rings is 4. The Bertz CT molecular complexity index is 1590. The standard InChI is InChI=1S/C33H31N3O5S/c1-22-8-7-11-26(18-22)34-31(37)21-42-28-15-12-25(13-16-28)35-33(39)29(36-32(38)23-9-5-4-6-10-23)20-24-19-27(40-2)14-17-30(24)41-3/h4-20H,21H2,1-3H3,(H,34,37)(H,35,39)(H,36,38)/b29-20-. The Hall–Kier alpha value is -5.02. The van der Waals surface area contributed by atoms with Crippen LogP contribution in [0.3, 0.4) is 0 Å². The molecular formula is C33H31N3O5S. The molecule has 0 aliphatic heterocycles. The summed E-state index contributed by atoms with van der Waals surface area (Å²) in [6.07, 6.45) is 1.54. The van der Waals surface area contributed by atoms with E-state index in [9.17, 15) is 14.4 Å². The molecule has 0 aliphatic rings. The van der Waals surface area contributed by atoms with Crippen molar-refractivity contribution in [2.24, 2.45) is 0 Å². The van der Waals surface area contributed by atoms with E-state index in [1.807, 2.05) is 43.3 Å². The molecule has 0 saturated heterocycles. The SMILES string of the molecule is COc1ccc(OC)c(/C=C(\NC(=O)c2ccccc2)C(=O)Nc2ccc(SCC(=O)Nc3cccc(C)c3)cc2)c1. The van der Waals surface area contributed by atoms with E-state index in [2.05, 4.69) is 16.0 Å². The Morgan fingerprint density at radius 3 is 2.24 bits per heavy atom. The second-order valence-electron chi connectivity index (χ2n) is 9.17. The van der Waals surface area contributed by atoms with Gasteiger partial charge in [-0.15, -0.1) is 11.8 Å². The maximum Gasteiger partial charge on any atom is 0.272 e. The van der Waals surface area contributed by atoms with Crippen LogP contribution in [0.5, 0.6) is 11.5 Å². The number of carbonyl (C=O) groups is 3. The molecule has 0 spiro atoms. The molecule has 42 heavy (non-hydrogen) atoms. The molecule has 3 N–H and O–H groups in total. The molecule has 3 amide bonds. The third kappa shape index (κ3) is 8.49. The van der Waals surface area contributed by atoms with Gasteiger partial charge in [-0.1, -0.05) is 30.3 Å². The van der Waals surface area contributed by atoms with Gasteiger partial charge < -0.3 is 25.4 Å². The van der Waals surface area contributed by atoms with Crippen molar-refractivity contribution in [3.05, 3.63) is 119 Å². The van der Waals surface area contributed by atoms with Crippen molar-refractivity contribution >= 4 is 46.9 Å². The summed E-state index contributed by atoms with van der Waals surface area (Å²) in [5, 5.41) is 8.45. The van der Waals surface area contributed by atoms with E-state index in [0.29, 0.717) is 28.3 Å². The summed E-state index contributed by atoms with van der Waals surface area (Å²) in [6.45, 7) is 1.97. The summed E-state index contributed by atoms with van der Waals surface area (Å²) < 4.78 is 10.8. The Balaban J connectivity index is 1.47. The van der Waals surface area contributed by atoms with Crippen LogP contribution in [0.2, 0.25) is 0 Å². The molecule has 0 atom stereocenters. The van der Waals surface area contributed by atoms with Crippen LogP contribution in [-0.2, 0) is 9.59 Å². The number of thioether (sulfide) groups is 1. The van der Waals surface area contributed by atoms with E-state index >= 15 is 0 Å². The summed E-state index contributed by atoms with van der Waals surface area (Å²) in [7, 11) is 3.06. The number of methoxy groups -OCH3 is 2. The van der Waals surface area contributed by atoms with Gasteiger partial charge in [0.15, 0.2) is 0 Å². The molecule has 8 nitrogen and oxygen atoms in total. The first kappa shape index (κ1) is 30.0. The van der Waals surface area contributed by atoms with Crippen LogP contribution in [0, 0.1) is 6.92 Å². The minimum Gasteiger partial charge on any atom is -0.497 e. The zero-order valence-corrected chi connectivity index (χ0v) is 24.3. The van der Waals surface area contributed by atoms with Crippen LogP contribution in [0.25, 0.3) is 6.08 Å². The van der Waals surface area contributed by atoms with Crippen LogP contribution in [0.15, 0.2) is 108 Å². The number of anilines is 2. The van der Waals surface area contributed by atoms with Crippen LogP contribution >= 0.6 is 11.8 Å². The normalized spacial score (nSPS) is 10.9. The van der Waals surface area contributed by atoms with Gasteiger partial charge in [0, 0.05) is 27.4 Å². The van der Waals surface area contributed by atoms with Gasteiger partial charge in [0.2, 0.25) is 5.91 Å². The third-order valence-electron chi connectivity index (χ3n) is 6.05. The summed E-state index contributed by atoms with van der Waals surface area (Å²) >= 11 is 1.38. The zero-order chi connectivity index (χ0) is 29.9. The lowest BCUT2D eigenvalue weighted by molar-refractivity contribution is -0.114. The van der Waals surface area contributed by atoms with E-state index in [0.717, 1.165) is 16.1 Å². The smallest absolute Gasteiger partial charge is 0.272 e. The first-order valence-corrected chi connectivity index (χ1v) is 14.0. The highest BCUT2D eigenvalue weighted by atomic mass is 32.2. The van der Waals surface area contributed by atoms with Gasteiger partial charge in [-0.2, -0.15) is 0 Å². The summed E-state index contributed by atoms with van der Waals surface area (Å²) in [6, 6.07) is 28.5. The van der Waals surface area contributed by atoms with E-state index < -0.39 is 11.8 Å². The molecule has 0 heterocycles. The van der Waals surface area contributed by atoms with Gasteiger partial charge in [-0.05, 0) is 85.3 Å². The summed E-state index contributed by atoms with van der Waals surface area (Å²) in [5.41, 5.74) is 3.31. The van der Waals surface area contributed by atoms with Crippen LogP contribution in [-0.4, -0.2) is 37.7 Å². The minimum absolute atomic E-state index is 0.0154. The molecule has 0 bridgehead atoms. The van der Waals surface area contributed by atoms with Crippen molar-refractivity contribution in [3.63, 3.8) is 0 Å². The fraction of sp³-hybridized carbons (Fsp3) is 0.121. The topological polar surface area (TPSA) is 106 Å². The van der Waals surface area contributed by atoms with Crippen LogP contribution in [0.1, 0.15) is 21.5 Å². The lowest BCUT2D eigenvalue weighted by Gasteiger charge is -2.13. The highest BCUT2D eigenvalue weighted by Gasteiger charge is 2.17. The molecule has 0 saturated carbocycles. The second-order valence-corrected chi connectivity index (χ2v) is 10.2.